The van der Waals surface area contributed by atoms with Crippen LogP contribution >= 0.6 is 0 Å². The third-order valence-electron chi connectivity index (χ3n) is 6.03. The van der Waals surface area contributed by atoms with Crippen LogP contribution in [0.15, 0.2) is 41.2 Å². The first-order valence-corrected chi connectivity index (χ1v) is 12.0. The minimum absolute atomic E-state index is 0.458. The topological polar surface area (TPSA) is 121 Å². The summed E-state index contributed by atoms with van der Waals surface area (Å²) in [5.41, 5.74) is 2.84. The summed E-state index contributed by atoms with van der Waals surface area (Å²) in [5, 5.41) is 14.6. The number of carbonyl (C=O) groups is 1. The number of hydrogen-bond acceptors (Lipinski definition) is 9. The number of piperazine rings is 1. The lowest BCUT2D eigenvalue weighted by atomic mass is 10.1. The van der Waals surface area contributed by atoms with Crippen LogP contribution in [0.4, 0.5) is 19.0 Å². The first kappa shape index (κ1) is 26.5. The lowest BCUT2D eigenvalue weighted by Gasteiger charge is -2.27. The Labute approximate surface area is 211 Å². The first-order valence-electron chi connectivity index (χ1n) is 12.0. The largest absolute Gasteiger partial charge is 0.490 e. The van der Waals surface area contributed by atoms with Crippen molar-refractivity contribution in [2.45, 2.75) is 38.5 Å². The monoisotopic (exact) mass is 519 g/mol. The van der Waals surface area contributed by atoms with Gasteiger partial charge in [0.25, 0.3) is 5.89 Å². The van der Waals surface area contributed by atoms with Crippen LogP contribution in [0.3, 0.4) is 0 Å². The number of aromatic nitrogens is 4. The third-order valence-corrected chi connectivity index (χ3v) is 6.03. The van der Waals surface area contributed by atoms with Gasteiger partial charge in [-0.3, -0.25) is 4.90 Å². The van der Waals surface area contributed by atoms with Gasteiger partial charge in [0.05, 0.1) is 12.4 Å². The molecule has 198 valence electrons. The first-order chi connectivity index (χ1) is 17.7. The Morgan fingerprint density at radius 1 is 1.16 bits per heavy atom. The molecule has 0 radical (unpaired) electrons. The SMILES string of the molecule is CCN(Cc1ccc(-c2nc(-c3cnc(N4CCNCC4)cn3)no2)cc1)C1CC1.O=C(O)C(F)(F)F. The number of benzene rings is 1. The van der Waals surface area contributed by atoms with Crippen LogP contribution in [0, 0.1) is 0 Å². The lowest BCUT2D eigenvalue weighted by Crippen LogP contribution is -2.43. The molecule has 3 heterocycles. The minimum atomic E-state index is -5.08. The molecule has 0 atom stereocenters. The Morgan fingerprint density at radius 2 is 1.84 bits per heavy atom. The summed E-state index contributed by atoms with van der Waals surface area (Å²) in [4.78, 5) is 27.2. The number of carboxylic acid groups (broad SMARTS) is 1. The fourth-order valence-electron chi connectivity index (χ4n) is 3.86. The maximum atomic E-state index is 10.6. The molecular formula is C24H28F3N7O3. The number of nitrogens with one attached hydrogen (secondary N) is 1. The highest BCUT2D eigenvalue weighted by Gasteiger charge is 2.38. The second-order valence-electron chi connectivity index (χ2n) is 8.71. The van der Waals surface area contributed by atoms with E-state index in [9.17, 15) is 13.2 Å². The van der Waals surface area contributed by atoms with Gasteiger partial charge in [-0.05, 0) is 37.1 Å². The maximum Gasteiger partial charge on any atom is 0.490 e. The van der Waals surface area contributed by atoms with Gasteiger partial charge in [0, 0.05) is 44.3 Å². The molecule has 37 heavy (non-hydrogen) atoms. The Bertz CT molecular complexity index is 1160. The van der Waals surface area contributed by atoms with Crippen molar-refractivity contribution < 1.29 is 27.6 Å². The molecule has 1 aliphatic heterocycles. The van der Waals surface area contributed by atoms with Crippen LogP contribution in [0.1, 0.15) is 25.3 Å². The van der Waals surface area contributed by atoms with E-state index in [0.717, 1.165) is 56.7 Å². The molecule has 0 spiro atoms. The van der Waals surface area contributed by atoms with Crippen molar-refractivity contribution in [2.24, 2.45) is 0 Å². The number of hydrogen-bond donors (Lipinski definition) is 2. The molecule has 1 saturated carbocycles. The van der Waals surface area contributed by atoms with Crippen LogP contribution in [0.5, 0.6) is 0 Å². The second kappa shape index (κ2) is 11.6. The molecule has 1 aromatic carbocycles. The van der Waals surface area contributed by atoms with E-state index in [1.807, 2.05) is 12.1 Å². The molecule has 2 aromatic heterocycles. The Morgan fingerprint density at radius 3 is 2.38 bits per heavy atom. The van der Waals surface area contributed by atoms with E-state index in [2.05, 4.69) is 54.3 Å². The average molecular weight is 520 g/mol. The van der Waals surface area contributed by atoms with E-state index in [1.54, 1.807) is 12.4 Å². The van der Waals surface area contributed by atoms with Gasteiger partial charge in [-0.15, -0.1) is 0 Å². The number of anilines is 1. The van der Waals surface area contributed by atoms with Crippen molar-refractivity contribution in [2.75, 3.05) is 37.6 Å². The van der Waals surface area contributed by atoms with E-state index >= 15 is 0 Å². The van der Waals surface area contributed by atoms with Gasteiger partial charge >= 0.3 is 12.1 Å². The number of alkyl halides is 3. The maximum absolute atomic E-state index is 10.6. The number of carboxylic acids is 1. The van der Waals surface area contributed by atoms with Gasteiger partial charge in [-0.2, -0.15) is 18.2 Å². The van der Waals surface area contributed by atoms with Crippen molar-refractivity contribution in [3.05, 3.63) is 42.2 Å². The van der Waals surface area contributed by atoms with Crippen molar-refractivity contribution in [1.82, 2.24) is 30.3 Å². The summed E-state index contributed by atoms with van der Waals surface area (Å²) in [7, 11) is 0. The molecule has 2 fully saturated rings. The predicted octanol–water partition coefficient (Wildman–Crippen LogP) is 3.22. The summed E-state index contributed by atoms with van der Waals surface area (Å²) in [6.07, 6.45) is 1.07. The van der Waals surface area contributed by atoms with Gasteiger partial charge in [0.15, 0.2) is 0 Å². The van der Waals surface area contributed by atoms with E-state index in [-0.39, 0.29) is 0 Å². The van der Waals surface area contributed by atoms with Crippen LogP contribution in [-0.2, 0) is 11.3 Å². The zero-order valence-electron chi connectivity index (χ0n) is 20.3. The molecule has 0 unspecified atom stereocenters. The van der Waals surface area contributed by atoms with Crippen LogP contribution in [0.25, 0.3) is 23.0 Å². The zero-order chi connectivity index (χ0) is 26.4. The van der Waals surface area contributed by atoms with Crippen LogP contribution in [-0.4, -0.2) is 81.0 Å². The van der Waals surface area contributed by atoms with Crippen molar-refractivity contribution in [3.8, 4) is 23.0 Å². The third kappa shape index (κ3) is 7.23. The molecule has 1 saturated heterocycles. The van der Waals surface area contributed by atoms with E-state index in [0.29, 0.717) is 17.4 Å². The van der Waals surface area contributed by atoms with Gasteiger partial charge < -0.3 is 19.8 Å². The molecule has 0 bridgehead atoms. The molecule has 13 heteroatoms. The molecule has 10 nitrogen and oxygen atoms in total. The van der Waals surface area contributed by atoms with Crippen molar-refractivity contribution >= 4 is 11.8 Å². The van der Waals surface area contributed by atoms with E-state index in [4.69, 9.17) is 14.4 Å². The van der Waals surface area contributed by atoms with E-state index < -0.39 is 12.1 Å². The van der Waals surface area contributed by atoms with Gasteiger partial charge in [-0.25, -0.2) is 14.8 Å². The Balaban J connectivity index is 0.000000405. The van der Waals surface area contributed by atoms with Crippen molar-refractivity contribution in [1.29, 1.82) is 0 Å². The highest BCUT2D eigenvalue weighted by Crippen LogP contribution is 2.28. The smallest absolute Gasteiger partial charge is 0.475 e. The standard InChI is InChI=1S/C22H27N7O.C2HF3O2/c1-2-28(18-7-8-18)15-16-3-5-17(6-4-16)22-26-21(27-30-22)19-13-25-20(14-24-19)29-11-9-23-10-12-29;3-2(4,5)1(6)7/h3-6,13-14,18,23H,2,7-12,15H2,1H3;(H,6,7). The van der Waals surface area contributed by atoms with Crippen LogP contribution in [0.2, 0.25) is 0 Å². The summed E-state index contributed by atoms with van der Waals surface area (Å²) < 4.78 is 37.2. The normalized spacial score (nSPS) is 15.9. The summed E-state index contributed by atoms with van der Waals surface area (Å²) in [5.74, 6) is -0.919. The van der Waals surface area contributed by atoms with Gasteiger partial charge in [0.1, 0.15) is 11.5 Å². The summed E-state index contributed by atoms with van der Waals surface area (Å²) >= 11 is 0. The summed E-state index contributed by atoms with van der Waals surface area (Å²) in [6.45, 7) is 8.12. The van der Waals surface area contributed by atoms with Crippen molar-refractivity contribution in [3.63, 3.8) is 0 Å². The van der Waals surface area contributed by atoms with Gasteiger partial charge in [0.2, 0.25) is 5.82 Å². The highest BCUT2D eigenvalue weighted by atomic mass is 19.4. The molecular weight excluding hydrogens is 491 g/mol. The fourth-order valence-corrected chi connectivity index (χ4v) is 3.86. The molecule has 0 amide bonds. The number of nitrogens with zero attached hydrogens (tertiary/aromatic N) is 6. The molecule has 5 rings (SSSR count). The summed E-state index contributed by atoms with van der Waals surface area (Å²) in [6, 6.07) is 9.16. The zero-order valence-corrected chi connectivity index (χ0v) is 20.3. The molecule has 3 aromatic rings. The fraction of sp³-hybridized carbons (Fsp3) is 0.458. The highest BCUT2D eigenvalue weighted by molar-refractivity contribution is 5.73. The number of rotatable bonds is 7. The molecule has 2 N–H and O–H groups in total. The number of aliphatic carboxylic acids is 1. The average Bonchev–Trinajstić information content (AvgIpc) is 3.63. The van der Waals surface area contributed by atoms with E-state index in [1.165, 1.54) is 18.4 Å². The predicted molar refractivity (Wildman–Crippen MR) is 129 cm³/mol. The quantitative estimate of drug-likeness (QED) is 0.481. The van der Waals surface area contributed by atoms with Gasteiger partial charge in [-0.1, -0.05) is 24.2 Å². The molecule has 2 aliphatic rings. The molecule has 1 aliphatic carbocycles. The van der Waals surface area contributed by atoms with Crippen LogP contribution < -0.4 is 10.2 Å². The Kier molecular flexibility index (Phi) is 8.34. The Hall–Kier alpha value is -3.58. The second-order valence-corrected chi connectivity index (χ2v) is 8.71. The minimum Gasteiger partial charge on any atom is -0.475 e. The lowest BCUT2D eigenvalue weighted by molar-refractivity contribution is -0.192. The number of halogens is 3.